The van der Waals surface area contributed by atoms with Crippen LogP contribution in [0.3, 0.4) is 0 Å². The van der Waals surface area contributed by atoms with E-state index < -0.39 is 0 Å². The monoisotopic (exact) mass is 312 g/mol. The van der Waals surface area contributed by atoms with Crippen molar-refractivity contribution >= 4 is 15.9 Å². The molecule has 0 N–H and O–H groups in total. The standard InChI is InChI=1S/C16H25BrO/c1-15(2,3)12-7-8-14(18-10-9-17)13(11-12)16(4,5)6/h7-8,11H,9-10H2,1-6H3. The van der Waals surface area contributed by atoms with E-state index in [1.165, 1.54) is 11.1 Å². The van der Waals surface area contributed by atoms with Gasteiger partial charge in [-0.1, -0.05) is 69.6 Å². The van der Waals surface area contributed by atoms with Crippen molar-refractivity contribution in [1.82, 2.24) is 0 Å². The van der Waals surface area contributed by atoms with E-state index in [1.807, 2.05) is 0 Å². The van der Waals surface area contributed by atoms with Gasteiger partial charge in [-0.3, -0.25) is 0 Å². The summed E-state index contributed by atoms with van der Waals surface area (Å²) >= 11 is 3.40. The Kier molecular flexibility index (Phi) is 4.88. The fourth-order valence-electron chi connectivity index (χ4n) is 1.86. The van der Waals surface area contributed by atoms with Crippen LogP contribution >= 0.6 is 15.9 Å². The van der Waals surface area contributed by atoms with Crippen molar-refractivity contribution in [3.63, 3.8) is 0 Å². The Labute approximate surface area is 120 Å². The van der Waals surface area contributed by atoms with Crippen LogP contribution in [0, 0.1) is 0 Å². The van der Waals surface area contributed by atoms with Crippen LogP contribution in [-0.2, 0) is 10.8 Å². The van der Waals surface area contributed by atoms with Gasteiger partial charge >= 0.3 is 0 Å². The van der Waals surface area contributed by atoms with E-state index in [-0.39, 0.29) is 10.8 Å². The summed E-state index contributed by atoms with van der Waals surface area (Å²) in [6, 6.07) is 6.59. The lowest BCUT2D eigenvalue weighted by atomic mass is 9.80. The molecule has 1 rings (SSSR count). The summed E-state index contributed by atoms with van der Waals surface area (Å²) in [5, 5.41) is 0.859. The van der Waals surface area contributed by atoms with Crippen molar-refractivity contribution in [2.24, 2.45) is 0 Å². The number of hydrogen-bond donors (Lipinski definition) is 0. The van der Waals surface area contributed by atoms with Gasteiger partial charge in [-0.15, -0.1) is 0 Å². The van der Waals surface area contributed by atoms with Gasteiger partial charge in [0, 0.05) is 5.33 Å². The fourth-order valence-corrected chi connectivity index (χ4v) is 2.02. The highest BCUT2D eigenvalue weighted by Crippen LogP contribution is 2.35. The first-order valence-corrected chi connectivity index (χ1v) is 7.62. The third kappa shape index (κ3) is 4.01. The molecule has 0 heterocycles. The van der Waals surface area contributed by atoms with E-state index in [0.29, 0.717) is 6.61 Å². The van der Waals surface area contributed by atoms with Crippen LogP contribution in [0.5, 0.6) is 5.75 Å². The molecule has 18 heavy (non-hydrogen) atoms. The van der Waals surface area contributed by atoms with E-state index in [1.54, 1.807) is 0 Å². The molecule has 0 amide bonds. The zero-order chi connectivity index (χ0) is 14.0. The van der Waals surface area contributed by atoms with E-state index in [2.05, 4.69) is 75.7 Å². The number of ether oxygens (including phenoxy) is 1. The van der Waals surface area contributed by atoms with Crippen molar-refractivity contribution in [2.75, 3.05) is 11.9 Å². The van der Waals surface area contributed by atoms with Gasteiger partial charge < -0.3 is 4.74 Å². The smallest absolute Gasteiger partial charge is 0.123 e. The second kappa shape index (κ2) is 5.64. The first-order chi connectivity index (χ1) is 8.16. The van der Waals surface area contributed by atoms with Crippen molar-refractivity contribution in [3.05, 3.63) is 29.3 Å². The second-order valence-corrected chi connectivity index (χ2v) is 7.54. The molecule has 0 aliphatic heterocycles. The second-order valence-electron chi connectivity index (χ2n) is 6.75. The zero-order valence-corrected chi connectivity index (χ0v) is 14.0. The maximum atomic E-state index is 5.83. The molecule has 1 aromatic rings. The molecule has 0 fully saturated rings. The van der Waals surface area contributed by atoms with Gasteiger partial charge in [-0.2, -0.15) is 0 Å². The highest BCUT2D eigenvalue weighted by molar-refractivity contribution is 9.09. The molecule has 0 unspecified atom stereocenters. The van der Waals surface area contributed by atoms with Gasteiger partial charge in [0.2, 0.25) is 0 Å². The third-order valence-corrected chi connectivity index (χ3v) is 3.31. The van der Waals surface area contributed by atoms with Crippen LogP contribution in [0.25, 0.3) is 0 Å². The van der Waals surface area contributed by atoms with Crippen molar-refractivity contribution in [2.45, 2.75) is 52.4 Å². The molecular formula is C16H25BrO. The van der Waals surface area contributed by atoms with E-state index in [9.17, 15) is 0 Å². The van der Waals surface area contributed by atoms with Gasteiger partial charge in [0.25, 0.3) is 0 Å². The highest BCUT2D eigenvalue weighted by Gasteiger charge is 2.22. The molecule has 0 atom stereocenters. The van der Waals surface area contributed by atoms with Crippen LogP contribution in [-0.4, -0.2) is 11.9 Å². The average molecular weight is 313 g/mol. The lowest BCUT2D eigenvalue weighted by Gasteiger charge is -2.27. The minimum absolute atomic E-state index is 0.100. The maximum absolute atomic E-state index is 5.83. The van der Waals surface area contributed by atoms with E-state index >= 15 is 0 Å². The molecular weight excluding hydrogens is 288 g/mol. The van der Waals surface area contributed by atoms with Crippen LogP contribution in [0.1, 0.15) is 52.7 Å². The minimum Gasteiger partial charge on any atom is -0.492 e. The normalized spacial score (nSPS) is 12.6. The van der Waals surface area contributed by atoms with Crippen LogP contribution in [0.2, 0.25) is 0 Å². The predicted molar refractivity (Wildman–Crippen MR) is 83.1 cm³/mol. The molecule has 1 nitrogen and oxygen atoms in total. The first-order valence-electron chi connectivity index (χ1n) is 6.50. The van der Waals surface area contributed by atoms with Crippen LogP contribution in [0.4, 0.5) is 0 Å². The molecule has 0 aliphatic carbocycles. The lowest BCUT2D eigenvalue weighted by molar-refractivity contribution is 0.334. The van der Waals surface area contributed by atoms with Gasteiger partial charge in [-0.25, -0.2) is 0 Å². The SMILES string of the molecule is CC(C)(C)c1ccc(OCCBr)c(C(C)(C)C)c1. The van der Waals surface area contributed by atoms with Crippen LogP contribution in [0.15, 0.2) is 18.2 Å². The molecule has 0 aliphatic rings. The predicted octanol–water partition coefficient (Wildman–Crippen LogP) is 5.06. The summed E-state index contributed by atoms with van der Waals surface area (Å²) < 4.78 is 5.83. The molecule has 0 saturated heterocycles. The molecule has 0 saturated carbocycles. The highest BCUT2D eigenvalue weighted by atomic mass is 79.9. The average Bonchev–Trinajstić information content (AvgIpc) is 2.23. The van der Waals surface area contributed by atoms with Crippen LogP contribution < -0.4 is 4.74 Å². The topological polar surface area (TPSA) is 9.23 Å². The summed E-state index contributed by atoms with van der Waals surface area (Å²) in [5.41, 5.74) is 2.92. The largest absolute Gasteiger partial charge is 0.492 e. The summed E-state index contributed by atoms with van der Waals surface area (Å²) in [5.74, 6) is 1.01. The number of hydrogen-bond acceptors (Lipinski definition) is 1. The Bertz CT molecular complexity index is 397. The summed E-state index contributed by atoms with van der Waals surface area (Å²) in [6.45, 7) is 14.1. The molecule has 0 spiro atoms. The summed E-state index contributed by atoms with van der Waals surface area (Å²) in [7, 11) is 0. The Morgan fingerprint density at radius 3 is 2.06 bits per heavy atom. The Balaban J connectivity index is 3.21. The Morgan fingerprint density at radius 1 is 1.00 bits per heavy atom. The fraction of sp³-hybridized carbons (Fsp3) is 0.625. The minimum atomic E-state index is 0.100. The molecule has 2 heteroatoms. The van der Waals surface area contributed by atoms with Crippen molar-refractivity contribution < 1.29 is 4.74 Å². The first kappa shape index (κ1) is 15.6. The molecule has 0 aromatic heterocycles. The number of alkyl halides is 1. The third-order valence-electron chi connectivity index (χ3n) is 2.99. The van der Waals surface area contributed by atoms with Gasteiger partial charge in [-0.05, 0) is 28.0 Å². The quantitative estimate of drug-likeness (QED) is 0.709. The van der Waals surface area contributed by atoms with Gasteiger partial charge in [0.05, 0.1) is 6.61 Å². The summed E-state index contributed by atoms with van der Waals surface area (Å²) in [6.07, 6.45) is 0. The van der Waals surface area contributed by atoms with Crippen molar-refractivity contribution in [3.8, 4) is 5.75 Å². The molecule has 0 radical (unpaired) electrons. The number of benzene rings is 1. The zero-order valence-electron chi connectivity index (χ0n) is 12.4. The van der Waals surface area contributed by atoms with Gasteiger partial charge in [0.1, 0.15) is 5.75 Å². The van der Waals surface area contributed by atoms with E-state index in [4.69, 9.17) is 4.74 Å². The molecule has 102 valence electrons. The molecule has 1 aromatic carbocycles. The Morgan fingerprint density at radius 2 is 1.61 bits per heavy atom. The summed E-state index contributed by atoms with van der Waals surface area (Å²) in [4.78, 5) is 0. The number of rotatable bonds is 3. The number of halogens is 1. The molecule has 0 bridgehead atoms. The van der Waals surface area contributed by atoms with Crippen molar-refractivity contribution in [1.29, 1.82) is 0 Å². The lowest BCUT2D eigenvalue weighted by Crippen LogP contribution is -2.18. The van der Waals surface area contributed by atoms with Gasteiger partial charge in [0.15, 0.2) is 0 Å². The Hall–Kier alpha value is -0.500. The van der Waals surface area contributed by atoms with E-state index in [0.717, 1.165) is 11.1 Å². The maximum Gasteiger partial charge on any atom is 0.123 e.